The van der Waals surface area contributed by atoms with Gasteiger partial charge in [-0.05, 0) is 50.3 Å². The summed E-state index contributed by atoms with van der Waals surface area (Å²) in [6.45, 7) is 4.73. The first-order valence-corrected chi connectivity index (χ1v) is 5.98. The zero-order valence-corrected chi connectivity index (χ0v) is 10.9. The molecule has 3 N–H and O–H groups in total. The van der Waals surface area contributed by atoms with Crippen LogP contribution in [0.5, 0.6) is 5.75 Å². The number of anilines is 1. The highest BCUT2D eigenvalue weighted by Crippen LogP contribution is 2.15. The summed E-state index contributed by atoms with van der Waals surface area (Å²) in [5.74, 6) is 0.834. The van der Waals surface area contributed by atoms with Crippen molar-refractivity contribution in [3.63, 3.8) is 0 Å². The molecule has 0 spiro atoms. The summed E-state index contributed by atoms with van der Waals surface area (Å²) in [7, 11) is 0. The molecule has 0 heterocycles. The molecule has 1 atom stereocenters. The van der Waals surface area contributed by atoms with Crippen molar-refractivity contribution in [2.45, 2.75) is 20.0 Å². The van der Waals surface area contributed by atoms with E-state index in [1.54, 1.807) is 6.92 Å². The van der Waals surface area contributed by atoms with Crippen LogP contribution in [0.4, 0.5) is 5.69 Å². The van der Waals surface area contributed by atoms with Crippen LogP contribution in [0.2, 0.25) is 0 Å². The highest BCUT2D eigenvalue weighted by atomic mass is 32.1. The average molecular weight is 254 g/mol. The monoisotopic (exact) mass is 254 g/mol. The van der Waals surface area contributed by atoms with Crippen LogP contribution in [0.15, 0.2) is 24.3 Å². The fourth-order valence-electron chi connectivity index (χ4n) is 1.22. The number of nitrogens with one attached hydrogen (secondary N) is 2. The summed E-state index contributed by atoms with van der Waals surface area (Å²) in [6.07, 6.45) is -0.421. The minimum atomic E-state index is -0.421. The molecule has 5 heteroatoms. The predicted molar refractivity (Wildman–Crippen MR) is 73.5 cm³/mol. The maximum Gasteiger partial charge on any atom is 0.170 e. The number of aliphatic hydroxyl groups excluding tert-OH is 1. The van der Waals surface area contributed by atoms with Gasteiger partial charge in [-0.1, -0.05) is 0 Å². The number of hydrogen-bond donors (Lipinski definition) is 3. The van der Waals surface area contributed by atoms with E-state index in [-0.39, 0.29) is 0 Å². The maximum atomic E-state index is 9.10. The number of rotatable bonds is 5. The van der Waals surface area contributed by atoms with Crippen molar-refractivity contribution in [1.29, 1.82) is 0 Å². The Morgan fingerprint density at radius 1 is 1.41 bits per heavy atom. The zero-order valence-electron chi connectivity index (χ0n) is 10.1. The lowest BCUT2D eigenvalue weighted by molar-refractivity contribution is 0.198. The van der Waals surface area contributed by atoms with Gasteiger partial charge in [0.2, 0.25) is 0 Å². The first-order valence-electron chi connectivity index (χ1n) is 5.57. The summed E-state index contributed by atoms with van der Waals surface area (Å²) < 4.78 is 5.34. The van der Waals surface area contributed by atoms with Gasteiger partial charge in [0.1, 0.15) is 5.75 Å². The molecule has 0 aliphatic carbocycles. The van der Waals surface area contributed by atoms with Crippen molar-refractivity contribution in [2.24, 2.45) is 0 Å². The van der Waals surface area contributed by atoms with Gasteiger partial charge in [0.05, 0.1) is 12.7 Å². The Balaban J connectivity index is 2.43. The van der Waals surface area contributed by atoms with Gasteiger partial charge in [-0.2, -0.15) is 0 Å². The van der Waals surface area contributed by atoms with Crippen molar-refractivity contribution < 1.29 is 9.84 Å². The molecule has 17 heavy (non-hydrogen) atoms. The molecule has 0 aliphatic heterocycles. The summed E-state index contributed by atoms with van der Waals surface area (Å²) >= 11 is 5.07. The quantitative estimate of drug-likeness (QED) is 0.699. The number of ether oxygens (including phenoxy) is 1. The van der Waals surface area contributed by atoms with E-state index in [1.807, 2.05) is 31.2 Å². The standard InChI is InChI=1S/C12H18N2O2S/c1-3-16-11-6-4-10(5-7-11)14-12(17)13-8-9(2)15/h4-7,9,15H,3,8H2,1-2H3,(H2,13,14,17)/t9-/m1/s1. The van der Waals surface area contributed by atoms with Crippen LogP contribution < -0.4 is 15.4 Å². The first kappa shape index (κ1) is 13.7. The molecule has 4 nitrogen and oxygen atoms in total. The Kier molecular flexibility index (Phi) is 5.72. The minimum Gasteiger partial charge on any atom is -0.494 e. The molecule has 0 radical (unpaired) electrons. The second kappa shape index (κ2) is 7.09. The highest BCUT2D eigenvalue weighted by molar-refractivity contribution is 7.80. The van der Waals surface area contributed by atoms with Gasteiger partial charge in [-0.25, -0.2) is 0 Å². The van der Waals surface area contributed by atoms with Crippen LogP contribution in [-0.4, -0.2) is 29.5 Å². The van der Waals surface area contributed by atoms with Crippen molar-refractivity contribution >= 4 is 23.0 Å². The van der Waals surface area contributed by atoms with E-state index in [4.69, 9.17) is 22.1 Å². The Morgan fingerprint density at radius 3 is 2.59 bits per heavy atom. The van der Waals surface area contributed by atoms with Gasteiger partial charge in [0.15, 0.2) is 5.11 Å². The zero-order chi connectivity index (χ0) is 12.7. The second-order valence-corrected chi connectivity index (χ2v) is 4.05. The van der Waals surface area contributed by atoms with E-state index in [0.29, 0.717) is 18.3 Å². The van der Waals surface area contributed by atoms with Gasteiger partial charge in [-0.3, -0.25) is 0 Å². The molecule has 0 fully saturated rings. The van der Waals surface area contributed by atoms with E-state index in [1.165, 1.54) is 0 Å². The fourth-order valence-corrected chi connectivity index (χ4v) is 1.42. The molecule has 0 unspecified atom stereocenters. The Bertz CT molecular complexity index is 352. The van der Waals surface area contributed by atoms with Crippen LogP contribution in [0.25, 0.3) is 0 Å². The van der Waals surface area contributed by atoms with E-state index in [2.05, 4.69) is 10.6 Å². The fraction of sp³-hybridized carbons (Fsp3) is 0.417. The second-order valence-electron chi connectivity index (χ2n) is 3.64. The highest BCUT2D eigenvalue weighted by Gasteiger charge is 2.00. The smallest absolute Gasteiger partial charge is 0.170 e. The SMILES string of the molecule is CCOc1ccc(NC(=S)NC[C@@H](C)O)cc1. The van der Waals surface area contributed by atoms with Crippen LogP contribution in [0.3, 0.4) is 0 Å². The lowest BCUT2D eigenvalue weighted by atomic mass is 10.3. The topological polar surface area (TPSA) is 53.5 Å². The lowest BCUT2D eigenvalue weighted by Crippen LogP contribution is -2.33. The van der Waals surface area contributed by atoms with Crippen molar-refractivity contribution in [3.8, 4) is 5.75 Å². The molecule has 0 saturated heterocycles. The molecular formula is C12H18N2O2S. The normalized spacial score (nSPS) is 11.7. The number of aliphatic hydroxyl groups is 1. The minimum absolute atomic E-state index is 0.421. The number of hydrogen-bond acceptors (Lipinski definition) is 3. The van der Waals surface area contributed by atoms with Crippen molar-refractivity contribution in [2.75, 3.05) is 18.5 Å². The van der Waals surface area contributed by atoms with Gasteiger partial charge < -0.3 is 20.5 Å². The predicted octanol–water partition coefficient (Wildman–Crippen LogP) is 1.75. The summed E-state index contributed by atoms with van der Waals surface area (Å²) in [6, 6.07) is 7.54. The molecule has 94 valence electrons. The van der Waals surface area contributed by atoms with E-state index < -0.39 is 6.10 Å². The van der Waals surface area contributed by atoms with Crippen molar-refractivity contribution in [3.05, 3.63) is 24.3 Å². The third-order valence-corrected chi connectivity index (χ3v) is 2.23. The van der Waals surface area contributed by atoms with Gasteiger partial charge in [0, 0.05) is 12.2 Å². The Labute approximate surface area is 107 Å². The Morgan fingerprint density at radius 2 is 2.06 bits per heavy atom. The van der Waals surface area contributed by atoms with E-state index in [0.717, 1.165) is 11.4 Å². The van der Waals surface area contributed by atoms with Gasteiger partial charge in [0.25, 0.3) is 0 Å². The van der Waals surface area contributed by atoms with E-state index in [9.17, 15) is 0 Å². The molecule has 0 aromatic heterocycles. The van der Waals surface area contributed by atoms with E-state index >= 15 is 0 Å². The third kappa shape index (κ3) is 5.51. The molecule has 0 amide bonds. The molecular weight excluding hydrogens is 236 g/mol. The largest absolute Gasteiger partial charge is 0.494 e. The average Bonchev–Trinajstić information content (AvgIpc) is 2.29. The molecule has 0 saturated carbocycles. The number of benzene rings is 1. The van der Waals surface area contributed by atoms with Crippen LogP contribution in [-0.2, 0) is 0 Å². The molecule has 1 rings (SSSR count). The first-order chi connectivity index (χ1) is 8.11. The molecule has 1 aromatic rings. The van der Waals surface area contributed by atoms with Crippen LogP contribution >= 0.6 is 12.2 Å². The lowest BCUT2D eigenvalue weighted by Gasteiger charge is -2.12. The number of thiocarbonyl (C=S) groups is 1. The summed E-state index contributed by atoms with van der Waals surface area (Å²) in [5, 5.41) is 15.5. The van der Waals surface area contributed by atoms with Gasteiger partial charge >= 0.3 is 0 Å². The molecule has 1 aromatic carbocycles. The maximum absolute atomic E-state index is 9.10. The molecule has 0 aliphatic rings. The summed E-state index contributed by atoms with van der Waals surface area (Å²) in [4.78, 5) is 0. The Hall–Kier alpha value is -1.33. The van der Waals surface area contributed by atoms with Crippen LogP contribution in [0, 0.1) is 0 Å². The molecule has 0 bridgehead atoms. The van der Waals surface area contributed by atoms with Crippen molar-refractivity contribution in [1.82, 2.24) is 5.32 Å². The van der Waals surface area contributed by atoms with Gasteiger partial charge in [-0.15, -0.1) is 0 Å². The summed E-state index contributed by atoms with van der Waals surface area (Å²) in [5.41, 5.74) is 0.886. The third-order valence-electron chi connectivity index (χ3n) is 1.98. The van der Waals surface area contributed by atoms with Crippen LogP contribution in [0.1, 0.15) is 13.8 Å².